The van der Waals surface area contributed by atoms with E-state index in [2.05, 4.69) is 116 Å². The lowest BCUT2D eigenvalue weighted by Crippen LogP contribution is -2.28. The Labute approximate surface area is 181 Å². The van der Waals surface area contributed by atoms with E-state index in [0.29, 0.717) is 5.92 Å². The van der Waals surface area contributed by atoms with Crippen molar-refractivity contribution in [3.05, 3.63) is 118 Å². The topological polar surface area (TPSA) is 0 Å². The monoisotopic (exact) mass is 402 g/mol. The van der Waals surface area contributed by atoms with Crippen LogP contribution in [0.3, 0.4) is 0 Å². The number of rotatable bonds is 0. The molecule has 1 heteroatoms. The lowest BCUT2D eigenvalue weighted by atomic mass is 9.72. The average molecular weight is 403 g/mol. The van der Waals surface area contributed by atoms with E-state index in [1.54, 1.807) is 5.56 Å². The molecule has 2 atom stereocenters. The first-order valence-electron chi connectivity index (χ1n) is 10.8. The van der Waals surface area contributed by atoms with Gasteiger partial charge in [-0.05, 0) is 56.5 Å². The molecule has 0 amide bonds. The molecule has 3 aliphatic rings. The van der Waals surface area contributed by atoms with E-state index in [1.165, 1.54) is 38.6 Å². The van der Waals surface area contributed by atoms with Crippen LogP contribution < -0.4 is 0 Å². The summed E-state index contributed by atoms with van der Waals surface area (Å²) < 4.78 is 0.0555. The van der Waals surface area contributed by atoms with Gasteiger partial charge >= 0.3 is 0 Å². The molecule has 2 unspecified atom stereocenters. The number of thioether (sulfide) groups is 1. The van der Waals surface area contributed by atoms with Gasteiger partial charge in [0.1, 0.15) is 0 Å². The highest BCUT2D eigenvalue weighted by molar-refractivity contribution is 8.08. The van der Waals surface area contributed by atoms with Gasteiger partial charge in [0.25, 0.3) is 0 Å². The minimum absolute atomic E-state index is 0.0293. The molecule has 0 saturated carbocycles. The summed E-state index contributed by atoms with van der Waals surface area (Å²) in [6, 6.07) is 31.8. The van der Waals surface area contributed by atoms with Crippen molar-refractivity contribution in [3.8, 4) is 0 Å². The standard InChI is InChI=1S/C29H22S/c1-19-18-23-17-14-20-8-2-5-11-24(20)27(23)28(19)29(30-28)25-12-6-3-9-21(25)15-16-22-10-4-7-13-26(22)29/h2-17,19H,18H2,1H3. The Bertz CT molecular complexity index is 1330. The number of hydrogen-bond acceptors (Lipinski definition) is 1. The summed E-state index contributed by atoms with van der Waals surface area (Å²) in [5, 5.41) is 2.80. The third kappa shape index (κ3) is 1.86. The number of hydrogen-bond donors (Lipinski definition) is 0. The molecule has 4 aromatic rings. The molecule has 30 heavy (non-hydrogen) atoms. The average Bonchev–Trinajstić information content (AvgIpc) is 3.43. The molecule has 0 N–H and O–H groups in total. The molecule has 1 heterocycles. The maximum absolute atomic E-state index is 2.47. The lowest BCUT2D eigenvalue weighted by molar-refractivity contribution is 0.452. The Morgan fingerprint density at radius 3 is 2.10 bits per heavy atom. The Balaban J connectivity index is 1.61. The molecule has 1 fully saturated rings. The van der Waals surface area contributed by atoms with E-state index in [4.69, 9.17) is 0 Å². The van der Waals surface area contributed by atoms with Crippen LogP contribution in [0.1, 0.15) is 40.3 Å². The first-order valence-corrected chi connectivity index (χ1v) is 11.7. The largest absolute Gasteiger partial charge is 0.129 e. The number of benzene rings is 4. The lowest BCUT2D eigenvalue weighted by Gasteiger charge is -2.27. The van der Waals surface area contributed by atoms with Gasteiger partial charge in [0.05, 0.1) is 9.49 Å². The van der Waals surface area contributed by atoms with Crippen molar-refractivity contribution in [1.29, 1.82) is 0 Å². The van der Waals surface area contributed by atoms with E-state index >= 15 is 0 Å². The highest BCUT2D eigenvalue weighted by Crippen LogP contribution is 2.84. The third-order valence-corrected chi connectivity index (χ3v) is 9.62. The van der Waals surface area contributed by atoms with Crippen LogP contribution in [0.4, 0.5) is 0 Å². The zero-order valence-electron chi connectivity index (χ0n) is 16.9. The van der Waals surface area contributed by atoms with Crippen molar-refractivity contribution in [2.24, 2.45) is 5.92 Å². The van der Waals surface area contributed by atoms with Crippen molar-refractivity contribution in [1.82, 2.24) is 0 Å². The van der Waals surface area contributed by atoms with E-state index < -0.39 is 0 Å². The fourth-order valence-electron chi connectivity index (χ4n) is 6.30. The zero-order valence-corrected chi connectivity index (χ0v) is 17.7. The molecule has 0 bridgehead atoms. The quantitative estimate of drug-likeness (QED) is 0.276. The molecule has 0 radical (unpaired) electrons. The molecule has 2 spiro atoms. The fourth-order valence-corrected chi connectivity index (χ4v) is 8.47. The Kier molecular flexibility index (Phi) is 3.21. The molecule has 1 aliphatic heterocycles. The summed E-state index contributed by atoms with van der Waals surface area (Å²) in [6.07, 6.45) is 5.80. The van der Waals surface area contributed by atoms with Gasteiger partial charge in [0, 0.05) is 0 Å². The second-order valence-corrected chi connectivity index (χ2v) is 10.4. The van der Waals surface area contributed by atoms with Gasteiger partial charge in [-0.3, -0.25) is 0 Å². The molecule has 144 valence electrons. The maximum atomic E-state index is 2.47. The summed E-state index contributed by atoms with van der Waals surface area (Å²) in [6.45, 7) is 2.47. The molecular formula is C29H22S. The first kappa shape index (κ1) is 17.0. The zero-order chi connectivity index (χ0) is 19.9. The minimum atomic E-state index is -0.0293. The summed E-state index contributed by atoms with van der Waals surface area (Å²) in [5.74, 6) is 0.586. The van der Waals surface area contributed by atoms with Gasteiger partial charge < -0.3 is 0 Å². The van der Waals surface area contributed by atoms with Crippen molar-refractivity contribution < 1.29 is 0 Å². The number of fused-ring (bicyclic) bond motifs is 9. The first-order chi connectivity index (χ1) is 14.8. The van der Waals surface area contributed by atoms with E-state index in [9.17, 15) is 0 Å². The second kappa shape index (κ2) is 5.68. The summed E-state index contributed by atoms with van der Waals surface area (Å²) in [7, 11) is 0. The maximum Gasteiger partial charge on any atom is 0.0869 e. The van der Waals surface area contributed by atoms with Gasteiger partial charge in [0.2, 0.25) is 0 Å². The van der Waals surface area contributed by atoms with Crippen LogP contribution in [0.15, 0.2) is 84.9 Å². The molecule has 4 aromatic carbocycles. The van der Waals surface area contributed by atoms with Crippen LogP contribution >= 0.6 is 11.8 Å². The predicted molar refractivity (Wildman–Crippen MR) is 129 cm³/mol. The Morgan fingerprint density at radius 2 is 1.37 bits per heavy atom. The molecule has 2 aliphatic carbocycles. The van der Waals surface area contributed by atoms with E-state index in [0.717, 1.165) is 6.42 Å². The fraction of sp³-hybridized carbons (Fsp3) is 0.172. The highest BCUT2D eigenvalue weighted by atomic mass is 32.2. The van der Waals surface area contributed by atoms with Crippen molar-refractivity contribution in [2.45, 2.75) is 22.8 Å². The van der Waals surface area contributed by atoms with E-state index in [1.807, 2.05) is 0 Å². The van der Waals surface area contributed by atoms with Crippen LogP contribution in [-0.2, 0) is 15.9 Å². The molecule has 1 saturated heterocycles. The molecule has 7 rings (SSSR count). The van der Waals surface area contributed by atoms with Gasteiger partial charge in [-0.1, -0.05) is 104 Å². The molecular weight excluding hydrogens is 380 g/mol. The van der Waals surface area contributed by atoms with Crippen LogP contribution in [0.2, 0.25) is 0 Å². The third-order valence-electron chi connectivity index (χ3n) is 7.52. The molecule has 0 nitrogen and oxygen atoms in total. The second-order valence-electron chi connectivity index (χ2n) is 8.95. The SMILES string of the molecule is CC1Cc2ccc3ccccc3c2C12SC21c2ccccc2C=Cc2ccccc21. The van der Waals surface area contributed by atoms with Gasteiger partial charge in [-0.15, -0.1) is 11.8 Å². The Morgan fingerprint density at radius 1 is 0.733 bits per heavy atom. The Hall–Kier alpha value is -2.77. The van der Waals surface area contributed by atoms with Gasteiger partial charge in [-0.2, -0.15) is 0 Å². The highest BCUT2D eigenvalue weighted by Gasteiger charge is 2.76. The van der Waals surface area contributed by atoms with Crippen molar-refractivity contribution in [2.75, 3.05) is 0 Å². The summed E-state index contributed by atoms with van der Waals surface area (Å²) >= 11 is 2.19. The van der Waals surface area contributed by atoms with Crippen LogP contribution in [0, 0.1) is 5.92 Å². The van der Waals surface area contributed by atoms with Gasteiger partial charge in [0.15, 0.2) is 0 Å². The van der Waals surface area contributed by atoms with Crippen LogP contribution in [0.25, 0.3) is 22.9 Å². The molecule has 0 aromatic heterocycles. The normalized spacial score (nSPS) is 24.5. The van der Waals surface area contributed by atoms with Crippen molar-refractivity contribution >= 4 is 34.7 Å². The van der Waals surface area contributed by atoms with Gasteiger partial charge in [-0.25, -0.2) is 0 Å². The van der Waals surface area contributed by atoms with E-state index in [-0.39, 0.29) is 9.49 Å². The summed E-state index contributed by atoms with van der Waals surface area (Å²) in [5.41, 5.74) is 8.80. The summed E-state index contributed by atoms with van der Waals surface area (Å²) in [4.78, 5) is 0. The minimum Gasteiger partial charge on any atom is -0.129 e. The van der Waals surface area contributed by atoms with Crippen LogP contribution in [0.5, 0.6) is 0 Å². The predicted octanol–water partition coefficient (Wildman–Crippen LogP) is 7.40. The van der Waals surface area contributed by atoms with Crippen molar-refractivity contribution in [3.63, 3.8) is 0 Å². The smallest absolute Gasteiger partial charge is 0.0869 e. The van der Waals surface area contributed by atoms with Crippen LogP contribution in [-0.4, -0.2) is 0 Å².